The number of aromatic amines is 1. The SMILES string of the molecule is CCN(C(=O)[C@H](C)OC(=O)c1ccc2[nH]c3c(c2c1)CCCC3)[C@H]1CCS(=O)(=O)C1. The van der Waals surface area contributed by atoms with Crippen LogP contribution in [0.1, 0.15) is 54.7 Å². The predicted molar refractivity (Wildman–Crippen MR) is 114 cm³/mol. The lowest BCUT2D eigenvalue weighted by Crippen LogP contribution is -2.46. The zero-order valence-electron chi connectivity index (χ0n) is 17.4. The van der Waals surface area contributed by atoms with Gasteiger partial charge in [-0.25, -0.2) is 13.2 Å². The van der Waals surface area contributed by atoms with Crippen LogP contribution in [0.4, 0.5) is 0 Å². The standard InChI is InChI=1S/C22H28N2O5S/c1-3-24(16-10-11-30(27,28)13-16)21(25)14(2)29-22(26)15-8-9-20-18(12-15)17-6-4-5-7-19(17)23-20/h8-9,12,14,16,23H,3-7,10-11,13H2,1-2H3/t14-,16-/m0/s1. The van der Waals surface area contributed by atoms with Crippen molar-refractivity contribution in [2.75, 3.05) is 18.1 Å². The molecule has 1 N–H and O–H groups in total. The van der Waals surface area contributed by atoms with Crippen molar-refractivity contribution in [2.45, 2.75) is 58.1 Å². The van der Waals surface area contributed by atoms with Crippen LogP contribution < -0.4 is 0 Å². The smallest absolute Gasteiger partial charge is 0.338 e. The highest BCUT2D eigenvalue weighted by atomic mass is 32.2. The number of hydrogen-bond acceptors (Lipinski definition) is 5. The van der Waals surface area contributed by atoms with Crippen molar-refractivity contribution in [3.8, 4) is 0 Å². The third-order valence-corrected chi connectivity index (χ3v) is 7.99. The quantitative estimate of drug-likeness (QED) is 0.733. The first-order chi connectivity index (χ1) is 14.3. The molecule has 162 valence electrons. The molecule has 1 aromatic carbocycles. The normalized spacial score (nSPS) is 21.2. The molecule has 2 aromatic rings. The summed E-state index contributed by atoms with van der Waals surface area (Å²) in [6.07, 6.45) is 3.79. The van der Waals surface area contributed by atoms with Crippen molar-refractivity contribution < 1.29 is 22.7 Å². The Bertz CT molecular complexity index is 1090. The molecule has 4 rings (SSSR count). The molecule has 2 heterocycles. The summed E-state index contributed by atoms with van der Waals surface area (Å²) < 4.78 is 29.0. The van der Waals surface area contributed by atoms with Gasteiger partial charge in [0.2, 0.25) is 0 Å². The topological polar surface area (TPSA) is 96.5 Å². The number of sulfone groups is 1. The van der Waals surface area contributed by atoms with E-state index in [2.05, 4.69) is 4.98 Å². The molecule has 0 spiro atoms. The van der Waals surface area contributed by atoms with E-state index >= 15 is 0 Å². The van der Waals surface area contributed by atoms with Crippen LogP contribution in [-0.4, -0.2) is 60.4 Å². The van der Waals surface area contributed by atoms with Gasteiger partial charge < -0.3 is 14.6 Å². The number of aryl methyl sites for hydroxylation is 2. The number of esters is 1. The van der Waals surface area contributed by atoms with Crippen molar-refractivity contribution in [3.05, 3.63) is 35.0 Å². The number of amides is 1. The minimum absolute atomic E-state index is 0.0253. The zero-order valence-corrected chi connectivity index (χ0v) is 18.3. The first-order valence-corrected chi connectivity index (χ1v) is 12.5. The molecule has 1 amide bonds. The number of carbonyl (C=O) groups excluding carboxylic acids is 2. The third-order valence-electron chi connectivity index (χ3n) is 6.24. The van der Waals surface area contributed by atoms with Gasteiger partial charge in [0, 0.05) is 29.2 Å². The highest BCUT2D eigenvalue weighted by molar-refractivity contribution is 7.91. The predicted octanol–water partition coefficient (Wildman–Crippen LogP) is 2.63. The highest BCUT2D eigenvalue weighted by Gasteiger charge is 2.36. The maximum Gasteiger partial charge on any atom is 0.338 e. The summed E-state index contributed by atoms with van der Waals surface area (Å²) in [4.78, 5) is 30.5. The fourth-order valence-corrected chi connectivity index (χ4v) is 6.39. The van der Waals surface area contributed by atoms with Crippen LogP contribution in [0, 0.1) is 0 Å². The van der Waals surface area contributed by atoms with E-state index in [0.29, 0.717) is 18.5 Å². The molecule has 1 aromatic heterocycles. The molecular formula is C22H28N2O5S. The number of rotatable bonds is 5. The molecule has 2 atom stereocenters. The average Bonchev–Trinajstić information content (AvgIpc) is 3.27. The number of ether oxygens (including phenoxy) is 1. The molecule has 0 bridgehead atoms. The van der Waals surface area contributed by atoms with E-state index in [1.54, 1.807) is 19.9 Å². The van der Waals surface area contributed by atoms with Crippen molar-refractivity contribution in [1.29, 1.82) is 0 Å². The number of nitrogens with one attached hydrogen (secondary N) is 1. The molecule has 0 unspecified atom stereocenters. The summed E-state index contributed by atoms with van der Waals surface area (Å²) in [5, 5.41) is 1.05. The lowest BCUT2D eigenvalue weighted by molar-refractivity contribution is -0.141. The second kappa shape index (κ2) is 8.06. The van der Waals surface area contributed by atoms with E-state index in [-0.39, 0.29) is 23.5 Å². The van der Waals surface area contributed by atoms with Gasteiger partial charge in [-0.2, -0.15) is 0 Å². The lowest BCUT2D eigenvalue weighted by Gasteiger charge is -2.29. The summed E-state index contributed by atoms with van der Waals surface area (Å²) in [5.41, 5.74) is 3.95. The molecule has 1 aliphatic carbocycles. The molecule has 2 aliphatic rings. The molecule has 7 nitrogen and oxygen atoms in total. The van der Waals surface area contributed by atoms with Crippen molar-refractivity contribution in [2.24, 2.45) is 0 Å². The number of aromatic nitrogens is 1. The van der Waals surface area contributed by atoms with Crippen LogP contribution in [0.15, 0.2) is 18.2 Å². The van der Waals surface area contributed by atoms with Gasteiger partial charge >= 0.3 is 5.97 Å². The number of fused-ring (bicyclic) bond motifs is 3. The first kappa shape index (κ1) is 20.9. The Hall–Kier alpha value is -2.35. The Kier molecular flexibility index (Phi) is 5.61. The molecule has 8 heteroatoms. The maximum atomic E-state index is 12.9. The molecule has 1 aliphatic heterocycles. The second-order valence-corrected chi connectivity index (χ2v) is 10.5. The molecule has 30 heavy (non-hydrogen) atoms. The van der Waals surface area contributed by atoms with Gasteiger partial charge in [0.1, 0.15) is 0 Å². The molecule has 1 saturated heterocycles. The van der Waals surface area contributed by atoms with E-state index < -0.39 is 21.9 Å². The van der Waals surface area contributed by atoms with E-state index in [9.17, 15) is 18.0 Å². The molecule has 0 saturated carbocycles. The summed E-state index contributed by atoms with van der Waals surface area (Å²) in [6.45, 7) is 3.73. The van der Waals surface area contributed by atoms with Gasteiger partial charge in [0.05, 0.1) is 17.1 Å². The van der Waals surface area contributed by atoms with Crippen molar-refractivity contribution in [1.82, 2.24) is 9.88 Å². The van der Waals surface area contributed by atoms with Crippen LogP contribution in [0.25, 0.3) is 10.9 Å². The van der Waals surface area contributed by atoms with E-state index in [4.69, 9.17) is 4.74 Å². The Labute approximate surface area is 176 Å². The molecule has 1 fully saturated rings. The van der Waals surface area contributed by atoms with Gasteiger partial charge in [-0.1, -0.05) is 0 Å². The highest BCUT2D eigenvalue weighted by Crippen LogP contribution is 2.30. The number of likely N-dealkylation sites (N-methyl/N-ethyl adjacent to an activating group) is 1. The van der Waals surface area contributed by atoms with E-state index in [1.165, 1.54) is 22.6 Å². The minimum Gasteiger partial charge on any atom is -0.449 e. The first-order valence-electron chi connectivity index (χ1n) is 10.6. The Morgan fingerprint density at radius 1 is 1.27 bits per heavy atom. The number of H-pyrrole nitrogens is 1. The maximum absolute atomic E-state index is 12.9. The summed E-state index contributed by atoms with van der Waals surface area (Å²) in [6, 6.07) is 5.09. The van der Waals surface area contributed by atoms with Crippen LogP contribution in [0.2, 0.25) is 0 Å². The number of nitrogens with zero attached hydrogens (tertiary/aromatic N) is 1. The fourth-order valence-electron chi connectivity index (χ4n) is 4.66. The average molecular weight is 433 g/mol. The van der Waals surface area contributed by atoms with Crippen LogP contribution in [0.5, 0.6) is 0 Å². The minimum atomic E-state index is -3.10. The molecule has 0 radical (unpaired) electrons. The Morgan fingerprint density at radius 3 is 2.73 bits per heavy atom. The summed E-state index contributed by atoms with van der Waals surface area (Å²) in [5.74, 6) is -0.828. The van der Waals surface area contributed by atoms with Crippen LogP contribution >= 0.6 is 0 Å². The third kappa shape index (κ3) is 3.97. The van der Waals surface area contributed by atoms with Gasteiger partial charge in [-0.15, -0.1) is 0 Å². The Balaban J connectivity index is 1.48. The van der Waals surface area contributed by atoms with Crippen LogP contribution in [-0.2, 0) is 32.2 Å². The Morgan fingerprint density at radius 2 is 2.03 bits per heavy atom. The second-order valence-electron chi connectivity index (χ2n) is 8.28. The number of carbonyl (C=O) groups is 2. The van der Waals surface area contributed by atoms with Crippen LogP contribution in [0.3, 0.4) is 0 Å². The fraction of sp³-hybridized carbons (Fsp3) is 0.545. The summed E-state index contributed by atoms with van der Waals surface area (Å²) >= 11 is 0. The monoisotopic (exact) mass is 432 g/mol. The number of hydrogen-bond donors (Lipinski definition) is 1. The van der Waals surface area contributed by atoms with Crippen molar-refractivity contribution in [3.63, 3.8) is 0 Å². The van der Waals surface area contributed by atoms with E-state index in [0.717, 1.165) is 30.2 Å². The summed E-state index contributed by atoms with van der Waals surface area (Å²) in [7, 11) is -3.10. The largest absolute Gasteiger partial charge is 0.449 e. The van der Waals surface area contributed by atoms with E-state index in [1.807, 2.05) is 12.1 Å². The number of benzene rings is 1. The van der Waals surface area contributed by atoms with Gasteiger partial charge in [0.15, 0.2) is 15.9 Å². The van der Waals surface area contributed by atoms with Gasteiger partial charge in [0.25, 0.3) is 5.91 Å². The van der Waals surface area contributed by atoms with Gasteiger partial charge in [-0.3, -0.25) is 4.79 Å². The van der Waals surface area contributed by atoms with Gasteiger partial charge in [-0.05, 0) is 69.7 Å². The molecular weight excluding hydrogens is 404 g/mol. The zero-order chi connectivity index (χ0) is 21.5. The lowest BCUT2D eigenvalue weighted by atomic mass is 9.95. The van der Waals surface area contributed by atoms with Crippen molar-refractivity contribution >= 4 is 32.6 Å².